The summed E-state index contributed by atoms with van der Waals surface area (Å²) in [7, 11) is 0. The van der Waals surface area contributed by atoms with Crippen molar-refractivity contribution in [3.63, 3.8) is 0 Å². The maximum absolute atomic E-state index is 4.39. The molecule has 0 aliphatic heterocycles. The van der Waals surface area contributed by atoms with E-state index in [0.717, 1.165) is 15.2 Å². The molecule has 0 radical (unpaired) electrons. The second-order valence-corrected chi connectivity index (χ2v) is 3.75. The smallest absolute Gasteiger partial charge is 0.232 e. The number of hydrogen-bond acceptors (Lipinski definition) is 5. The van der Waals surface area contributed by atoms with Crippen LogP contribution in [0.5, 0.6) is 0 Å². The van der Waals surface area contributed by atoms with Gasteiger partial charge in [0.15, 0.2) is 5.01 Å². The molecule has 1 aromatic carbocycles. The van der Waals surface area contributed by atoms with Gasteiger partial charge in [-0.05, 0) is 17.3 Å². The third kappa shape index (κ3) is 1.08. The first-order chi connectivity index (χ1) is 6.93. The zero-order valence-electron chi connectivity index (χ0n) is 7.01. The molecule has 0 fully saturated rings. The van der Waals surface area contributed by atoms with Gasteiger partial charge >= 0.3 is 0 Å². The molecule has 0 saturated heterocycles. The largest absolute Gasteiger partial charge is 0.233 e. The van der Waals surface area contributed by atoms with E-state index in [1.807, 2.05) is 24.3 Å². The summed E-state index contributed by atoms with van der Waals surface area (Å²) in [6, 6.07) is 7.94. The number of benzene rings is 1. The van der Waals surface area contributed by atoms with E-state index in [1.54, 1.807) is 11.3 Å². The Kier molecular flexibility index (Phi) is 1.54. The van der Waals surface area contributed by atoms with Crippen LogP contribution in [0.25, 0.3) is 21.0 Å². The molecule has 0 aliphatic carbocycles. The molecule has 3 aromatic rings. The van der Waals surface area contributed by atoms with Gasteiger partial charge in [-0.15, -0.1) is 21.5 Å². The Hall–Kier alpha value is -1.82. The van der Waals surface area contributed by atoms with Crippen LogP contribution in [-0.2, 0) is 0 Å². The zero-order valence-corrected chi connectivity index (χ0v) is 7.82. The normalized spacial score (nSPS) is 10.9. The van der Waals surface area contributed by atoms with Crippen molar-refractivity contribution >= 4 is 21.6 Å². The minimum atomic E-state index is 0.547. The second-order valence-electron chi connectivity index (χ2n) is 2.72. The number of aromatic amines is 1. The maximum atomic E-state index is 4.39. The van der Waals surface area contributed by atoms with Crippen LogP contribution in [0.2, 0.25) is 0 Å². The molecule has 14 heavy (non-hydrogen) atoms. The molecule has 0 amide bonds. The highest BCUT2D eigenvalue weighted by molar-refractivity contribution is 7.21. The highest BCUT2D eigenvalue weighted by Crippen LogP contribution is 2.26. The van der Waals surface area contributed by atoms with Gasteiger partial charge in [-0.2, -0.15) is 5.21 Å². The average Bonchev–Trinajstić information content (AvgIpc) is 2.86. The van der Waals surface area contributed by atoms with E-state index < -0.39 is 0 Å². The number of tetrazole rings is 1. The lowest BCUT2D eigenvalue weighted by Gasteiger charge is -1.80. The van der Waals surface area contributed by atoms with E-state index in [9.17, 15) is 0 Å². The number of aromatic nitrogens is 5. The van der Waals surface area contributed by atoms with Gasteiger partial charge < -0.3 is 0 Å². The highest BCUT2D eigenvalue weighted by Gasteiger charge is 2.08. The number of rotatable bonds is 1. The summed E-state index contributed by atoms with van der Waals surface area (Å²) in [5, 5.41) is 14.5. The molecular weight excluding hydrogens is 198 g/mol. The molecule has 0 unspecified atom stereocenters. The standard InChI is InChI=1S/C8H5N5S/c1-2-4-6-5(3-1)9-8(14-6)7-10-12-13-11-7/h1-4H,(H,10,11,12,13). The first-order valence-electron chi connectivity index (χ1n) is 4.03. The summed E-state index contributed by atoms with van der Waals surface area (Å²) < 4.78 is 1.13. The van der Waals surface area contributed by atoms with Crippen LogP contribution in [0.3, 0.4) is 0 Å². The number of fused-ring (bicyclic) bond motifs is 1. The fraction of sp³-hybridized carbons (Fsp3) is 0. The van der Waals surface area contributed by atoms with Crippen LogP contribution in [0.15, 0.2) is 24.3 Å². The minimum absolute atomic E-state index is 0.547. The molecule has 6 heteroatoms. The second kappa shape index (κ2) is 2.85. The summed E-state index contributed by atoms with van der Waals surface area (Å²) in [6.45, 7) is 0. The van der Waals surface area contributed by atoms with Crippen molar-refractivity contribution in [3.8, 4) is 10.8 Å². The van der Waals surface area contributed by atoms with Gasteiger partial charge in [0, 0.05) is 0 Å². The van der Waals surface area contributed by atoms with E-state index >= 15 is 0 Å². The molecule has 1 N–H and O–H groups in total. The lowest BCUT2D eigenvalue weighted by molar-refractivity contribution is 0.881. The Morgan fingerprint density at radius 2 is 2.14 bits per heavy atom. The average molecular weight is 203 g/mol. The predicted molar refractivity (Wildman–Crippen MR) is 52.8 cm³/mol. The van der Waals surface area contributed by atoms with Gasteiger partial charge in [-0.25, -0.2) is 4.98 Å². The molecule has 2 heterocycles. The number of nitrogens with one attached hydrogen (secondary N) is 1. The highest BCUT2D eigenvalue weighted by atomic mass is 32.1. The fourth-order valence-electron chi connectivity index (χ4n) is 1.22. The quantitative estimate of drug-likeness (QED) is 0.650. The minimum Gasteiger partial charge on any atom is -0.232 e. The van der Waals surface area contributed by atoms with Crippen molar-refractivity contribution in [2.45, 2.75) is 0 Å². The molecule has 68 valence electrons. The van der Waals surface area contributed by atoms with Crippen LogP contribution < -0.4 is 0 Å². The van der Waals surface area contributed by atoms with Crippen LogP contribution in [-0.4, -0.2) is 25.6 Å². The molecular formula is C8H5N5S. The molecule has 0 bridgehead atoms. The summed E-state index contributed by atoms with van der Waals surface area (Å²) in [5.41, 5.74) is 0.970. The van der Waals surface area contributed by atoms with Gasteiger partial charge in [0.1, 0.15) is 0 Å². The summed E-state index contributed by atoms with van der Waals surface area (Å²) in [5.74, 6) is 0.547. The van der Waals surface area contributed by atoms with Crippen molar-refractivity contribution in [2.24, 2.45) is 0 Å². The molecule has 0 saturated carbocycles. The topological polar surface area (TPSA) is 67.3 Å². The van der Waals surface area contributed by atoms with E-state index in [1.165, 1.54) is 0 Å². The Bertz CT molecular complexity index is 523. The van der Waals surface area contributed by atoms with Gasteiger partial charge in [0.25, 0.3) is 0 Å². The van der Waals surface area contributed by atoms with Crippen LogP contribution in [0.4, 0.5) is 0 Å². The lowest BCUT2D eigenvalue weighted by Crippen LogP contribution is -1.77. The first kappa shape index (κ1) is 7.57. The summed E-state index contributed by atoms with van der Waals surface area (Å²) in [4.78, 5) is 4.39. The maximum Gasteiger partial charge on any atom is 0.233 e. The van der Waals surface area contributed by atoms with E-state index in [-0.39, 0.29) is 0 Å². The van der Waals surface area contributed by atoms with E-state index in [0.29, 0.717) is 5.82 Å². The van der Waals surface area contributed by atoms with Gasteiger partial charge in [0.2, 0.25) is 5.82 Å². The Morgan fingerprint density at radius 3 is 2.93 bits per heavy atom. The van der Waals surface area contributed by atoms with Crippen LogP contribution in [0, 0.1) is 0 Å². The molecule has 0 spiro atoms. The summed E-state index contributed by atoms with van der Waals surface area (Å²) >= 11 is 1.56. The molecule has 0 aliphatic rings. The SMILES string of the molecule is c1ccc2sc(-c3nn[nH]n3)nc2c1. The number of H-pyrrole nitrogens is 1. The zero-order chi connectivity index (χ0) is 9.38. The fourth-order valence-corrected chi connectivity index (χ4v) is 2.12. The Labute approximate surface area is 82.8 Å². The van der Waals surface area contributed by atoms with Crippen LogP contribution in [0.1, 0.15) is 0 Å². The first-order valence-corrected chi connectivity index (χ1v) is 4.84. The van der Waals surface area contributed by atoms with Gasteiger partial charge in [-0.1, -0.05) is 12.1 Å². The third-order valence-electron chi connectivity index (χ3n) is 1.83. The van der Waals surface area contributed by atoms with Crippen LogP contribution >= 0.6 is 11.3 Å². The predicted octanol–water partition coefficient (Wildman–Crippen LogP) is 1.48. The Balaban J connectivity index is 2.24. The van der Waals surface area contributed by atoms with E-state index in [2.05, 4.69) is 25.6 Å². The molecule has 3 rings (SSSR count). The Morgan fingerprint density at radius 1 is 1.21 bits per heavy atom. The summed E-state index contributed by atoms with van der Waals surface area (Å²) in [6.07, 6.45) is 0. The van der Waals surface area contributed by atoms with Gasteiger partial charge in [0.05, 0.1) is 10.2 Å². The number of hydrogen-bond donors (Lipinski definition) is 1. The third-order valence-corrected chi connectivity index (χ3v) is 2.86. The van der Waals surface area contributed by atoms with Crippen molar-refractivity contribution in [3.05, 3.63) is 24.3 Å². The monoisotopic (exact) mass is 203 g/mol. The van der Waals surface area contributed by atoms with Crippen molar-refractivity contribution in [2.75, 3.05) is 0 Å². The van der Waals surface area contributed by atoms with Crippen molar-refractivity contribution in [1.29, 1.82) is 0 Å². The number of para-hydroxylation sites is 1. The van der Waals surface area contributed by atoms with Crippen molar-refractivity contribution < 1.29 is 0 Å². The number of thiazole rings is 1. The molecule has 2 aromatic heterocycles. The lowest BCUT2D eigenvalue weighted by atomic mass is 10.3. The number of nitrogens with zero attached hydrogens (tertiary/aromatic N) is 4. The molecule has 0 atom stereocenters. The van der Waals surface area contributed by atoms with Crippen molar-refractivity contribution in [1.82, 2.24) is 25.6 Å². The van der Waals surface area contributed by atoms with E-state index in [4.69, 9.17) is 0 Å². The van der Waals surface area contributed by atoms with Gasteiger partial charge in [-0.3, -0.25) is 0 Å². The molecule has 5 nitrogen and oxygen atoms in total.